The fraction of sp³-hybridized carbons (Fsp3) is 0.241. The van der Waals surface area contributed by atoms with Crippen LogP contribution in [0.15, 0.2) is 77.6 Å². The highest BCUT2D eigenvalue weighted by atomic mass is 32.1. The molecular formula is C29H28N2O3S. The van der Waals surface area contributed by atoms with Crippen LogP contribution in [-0.2, 0) is 5.41 Å². The predicted octanol–water partition coefficient (Wildman–Crippen LogP) is 5.60. The van der Waals surface area contributed by atoms with Crippen molar-refractivity contribution >= 4 is 33.4 Å². The summed E-state index contributed by atoms with van der Waals surface area (Å²) < 4.78 is 14.0. The minimum Gasteiger partial charge on any atom is -0.493 e. The maximum atomic E-state index is 12.9. The minimum atomic E-state index is -0.0351. The van der Waals surface area contributed by atoms with E-state index in [0.29, 0.717) is 17.7 Å². The Morgan fingerprint density at radius 2 is 1.51 bits per heavy atom. The summed E-state index contributed by atoms with van der Waals surface area (Å²) in [5.41, 5.74) is 4.03. The molecule has 2 heterocycles. The molecule has 6 heteroatoms. The van der Waals surface area contributed by atoms with Crippen LogP contribution in [0.25, 0.3) is 22.1 Å². The lowest BCUT2D eigenvalue weighted by Crippen LogP contribution is -2.22. The van der Waals surface area contributed by atoms with E-state index in [9.17, 15) is 4.79 Å². The third-order valence-electron chi connectivity index (χ3n) is 5.87. The van der Waals surface area contributed by atoms with Crippen LogP contribution in [0.4, 0.5) is 0 Å². The molecule has 0 radical (unpaired) electrons. The second kappa shape index (κ2) is 9.55. The number of rotatable bonds is 7. The molecule has 0 amide bonds. The molecule has 0 bridgehead atoms. The van der Waals surface area contributed by atoms with E-state index in [1.165, 1.54) is 16.9 Å². The highest BCUT2D eigenvalue weighted by Crippen LogP contribution is 2.24. The van der Waals surface area contributed by atoms with Gasteiger partial charge in [-0.15, -0.1) is 0 Å². The van der Waals surface area contributed by atoms with Gasteiger partial charge >= 0.3 is 0 Å². The number of fused-ring (bicyclic) bond motifs is 3. The van der Waals surface area contributed by atoms with Crippen LogP contribution in [0.2, 0.25) is 0 Å². The van der Waals surface area contributed by atoms with Gasteiger partial charge in [-0.3, -0.25) is 4.79 Å². The highest BCUT2D eigenvalue weighted by Gasteiger charge is 2.13. The van der Waals surface area contributed by atoms with Crippen LogP contribution < -0.4 is 19.6 Å². The fourth-order valence-electron chi connectivity index (χ4n) is 3.91. The molecule has 0 atom stereocenters. The van der Waals surface area contributed by atoms with Gasteiger partial charge in [-0.1, -0.05) is 68.5 Å². The van der Waals surface area contributed by atoms with Gasteiger partial charge < -0.3 is 9.47 Å². The first kappa shape index (κ1) is 23.1. The number of imidazole rings is 1. The summed E-state index contributed by atoms with van der Waals surface area (Å²) in [6, 6.07) is 23.8. The lowest BCUT2D eigenvalue weighted by atomic mass is 9.87. The molecule has 0 unspecified atom stereocenters. The summed E-state index contributed by atoms with van der Waals surface area (Å²) in [7, 11) is 0. The topological polar surface area (TPSA) is 52.8 Å². The Labute approximate surface area is 208 Å². The SMILES string of the molecule is CC(C)(C)c1ccc(OCCCOc2ccc(C=c3sc4nc5ccccc5n4c3=O)cc2)cc1. The van der Waals surface area contributed by atoms with Crippen LogP contribution >= 0.6 is 11.3 Å². The molecule has 35 heavy (non-hydrogen) atoms. The normalized spacial score (nSPS) is 12.5. The predicted molar refractivity (Wildman–Crippen MR) is 143 cm³/mol. The molecule has 3 aromatic carbocycles. The van der Waals surface area contributed by atoms with E-state index >= 15 is 0 Å². The van der Waals surface area contributed by atoms with Gasteiger partial charge in [-0.25, -0.2) is 9.38 Å². The molecule has 0 aliphatic rings. The first-order chi connectivity index (χ1) is 16.9. The zero-order chi connectivity index (χ0) is 24.4. The molecule has 2 aromatic heterocycles. The van der Waals surface area contributed by atoms with Crippen molar-refractivity contribution in [2.75, 3.05) is 13.2 Å². The summed E-state index contributed by atoms with van der Waals surface area (Å²) >= 11 is 1.41. The van der Waals surface area contributed by atoms with Crippen molar-refractivity contribution in [3.8, 4) is 11.5 Å². The average Bonchev–Trinajstić information content (AvgIpc) is 3.35. The van der Waals surface area contributed by atoms with Crippen molar-refractivity contribution in [2.24, 2.45) is 0 Å². The number of ether oxygens (including phenoxy) is 2. The van der Waals surface area contributed by atoms with Crippen molar-refractivity contribution in [3.63, 3.8) is 0 Å². The summed E-state index contributed by atoms with van der Waals surface area (Å²) in [6.45, 7) is 7.78. The molecule has 0 fully saturated rings. The molecule has 0 saturated carbocycles. The maximum Gasteiger partial charge on any atom is 0.274 e. The summed E-state index contributed by atoms with van der Waals surface area (Å²) in [4.78, 5) is 18.2. The van der Waals surface area contributed by atoms with E-state index in [-0.39, 0.29) is 11.0 Å². The van der Waals surface area contributed by atoms with Gasteiger partial charge in [0.05, 0.1) is 28.8 Å². The first-order valence-corrected chi connectivity index (χ1v) is 12.6. The van der Waals surface area contributed by atoms with Crippen LogP contribution in [0.3, 0.4) is 0 Å². The van der Waals surface area contributed by atoms with Crippen molar-refractivity contribution in [1.29, 1.82) is 0 Å². The zero-order valence-corrected chi connectivity index (χ0v) is 21.0. The fourth-order valence-corrected chi connectivity index (χ4v) is 4.90. The molecule has 0 aliphatic heterocycles. The van der Waals surface area contributed by atoms with Crippen molar-refractivity contribution < 1.29 is 9.47 Å². The van der Waals surface area contributed by atoms with Gasteiger partial charge in [0.1, 0.15) is 11.5 Å². The molecular weight excluding hydrogens is 456 g/mol. The lowest BCUT2D eigenvalue weighted by Gasteiger charge is -2.19. The van der Waals surface area contributed by atoms with Gasteiger partial charge in [0.2, 0.25) is 0 Å². The van der Waals surface area contributed by atoms with Crippen LogP contribution in [0.1, 0.15) is 38.3 Å². The summed E-state index contributed by atoms with van der Waals surface area (Å²) in [5.74, 6) is 1.68. The van der Waals surface area contributed by atoms with E-state index in [1.54, 1.807) is 4.40 Å². The summed E-state index contributed by atoms with van der Waals surface area (Å²) in [6.07, 6.45) is 2.69. The standard InChI is InChI=1S/C29H28N2O3S/c1-29(2,3)21-11-15-23(16-12-21)34-18-6-17-33-22-13-9-20(10-14-22)19-26-27(32)31-25-8-5-4-7-24(25)30-28(31)35-26/h4-5,7-16,19H,6,17-18H2,1-3H3. The molecule has 5 rings (SSSR count). The number of aromatic nitrogens is 2. The molecule has 0 aliphatic carbocycles. The molecule has 0 spiro atoms. The van der Waals surface area contributed by atoms with Gasteiger partial charge in [0.25, 0.3) is 5.56 Å². The Morgan fingerprint density at radius 1 is 0.886 bits per heavy atom. The minimum absolute atomic E-state index is 0.0351. The van der Waals surface area contributed by atoms with Crippen molar-refractivity contribution in [1.82, 2.24) is 9.38 Å². The smallest absolute Gasteiger partial charge is 0.274 e. The average molecular weight is 485 g/mol. The number of nitrogens with zero attached hydrogens (tertiary/aromatic N) is 2. The Morgan fingerprint density at radius 3 is 2.17 bits per heavy atom. The van der Waals surface area contributed by atoms with E-state index in [2.05, 4.69) is 37.9 Å². The second-order valence-corrected chi connectivity index (χ2v) is 10.5. The molecule has 0 N–H and O–H groups in total. The van der Waals surface area contributed by atoms with Gasteiger partial charge in [0.15, 0.2) is 4.96 Å². The van der Waals surface area contributed by atoms with E-state index in [4.69, 9.17) is 9.47 Å². The first-order valence-electron chi connectivity index (χ1n) is 11.8. The number of benzene rings is 3. The third kappa shape index (κ3) is 5.08. The maximum absolute atomic E-state index is 12.9. The second-order valence-electron chi connectivity index (χ2n) is 9.53. The zero-order valence-electron chi connectivity index (χ0n) is 20.2. The highest BCUT2D eigenvalue weighted by molar-refractivity contribution is 7.15. The number of hydrogen-bond donors (Lipinski definition) is 0. The van der Waals surface area contributed by atoms with Crippen LogP contribution in [0.5, 0.6) is 11.5 Å². The monoisotopic (exact) mass is 484 g/mol. The van der Waals surface area contributed by atoms with Crippen LogP contribution in [0, 0.1) is 0 Å². The van der Waals surface area contributed by atoms with Crippen molar-refractivity contribution in [3.05, 3.63) is 98.8 Å². The van der Waals surface area contributed by atoms with Gasteiger partial charge in [0, 0.05) is 6.42 Å². The largest absolute Gasteiger partial charge is 0.493 e. The number of thiazole rings is 1. The van der Waals surface area contributed by atoms with E-state index < -0.39 is 0 Å². The Kier molecular flexibility index (Phi) is 6.31. The Bertz CT molecular complexity index is 1560. The molecule has 5 nitrogen and oxygen atoms in total. The van der Waals surface area contributed by atoms with E-state index in [1.807, 2.05) is 66.7 Å². The van der Waals surface area contributed by atoms with Gasteiger partial charge in [-0.2, -0.15) is 0 Å². The molecule has 0 saturated heterocycles. The van der Waals surface area contributed by atoms with Gasteiger partial charge in [-0.05, 0) is 59.0 Å². The third-order valence-corrected chi connectivity index (χ3v) is 6.84. The number of hydrogen-bond acceptors (Lipinski definition) is 5. The molecule has 178 valence electrons. The summed E-state index contributed by atoms with van der Waals surface area (Å²) in [5, 5.41) is 0. The van der Waals surface area contributed by atoms with Crippen LogP contribution in [-0.4, -0.2) is 22.6 Å². The lowest BCUT2D eigenvalue weighted by molar-refractivity contribution is 0.247. The van der Waals surface area contributed by atoms with E-state index in [0.717, 1.165) is 39.5 Å². The Balaban J connectivity index is 1.16. The van der Waals surface area contributed by atoms with Crippen molar-refractivity contribution in [2.45, 2.75) is 32.6 Å². The Hall–Kier alpha value is -3.64. The quantitative estimate of drug-likeness (QED) is 0.282. The molecule has 5 aromatic rings. The number of para-hydroxylation sites is 2.